The number of ether oxygens (including phenoxy) is 2. The Morgan fingerprint density at radius 2 is 1.97 bits per heavy atom. The van der Waals surface area contributed by atoms with E-state index >= 15 is 0 Å². The van der Waals surface area contributed by atoms with Gasteiger partial charge in [0, 0.05) is 54.9 Å². The summed E-state index contributed by atoms with van der Waals surface area (Å²) in [6.45, 7) is 2.11. The van der Waals surface area contributed by atoms with Crippen LogP contribution in [0.2, 0.25) is 0 Å². The fourth-order valence-electron chi connectivity index (χ4n) is 3.57. The molecule has 1 aliphatic rings. The minimum Gasteiger partial charge on any atom is -0.495 e. The highest BCUT2D eigenvalue weighted by molar-refractivity contribution is 7.90. The number of nitrogens with zero attached hydrogens (tertiary/aromatic N) is 4. The van der Waals surface area contributed by atoms with E-state index in [2.05, 4.69) is 15.0 Å². The van der Waals surface area contributed by atoms with Gasteiger partial charge in [-0.15, -0.1) is 0 Å². The first kappa shape index (κ1) is 21.9. The molecule has 0 amide bonds. The fourth-order valence-corrected chi connectivity index (χ4v) is 4.49. The largest absolute Gasteiger partial charge is 0.495 e. The van der Waals surface area contributed by atoms with Crippen molar-refractivity contribution in [1.29, 1.82) is 0 Å². The van der Waals surface area contributed by atoms with Gasteiger partial charge in [-0.1, -0.05) is 0 Å². The van der Waals surface area contributed by atoms with E-state index in [1.807, 2.05) is 12.1 Å². The number of hydrogen-bond donors (Lipinski definition) is 0. The summed E-state index contributed by atoms with van der Waals surface area (Å²) in [5.74, 6) is 1.99. The van der Waals surface area contributed by atoms with E-state index in [4.69, 9.17) is 9.47 Å². The van der Waals surface area contributed by atoms with Gasteiger partial charge in [0.1, 0.15) is 11.6 Å². The smallest absolute Gasteiger partial charge is 0.250 e. The molecule has 9 nitrogen and oxygen atoms in total. The van der Waals surface area contributed by atoms with Gasteiger partial charge in [0.25, 0.3) is 5.56 Å². The molecule has 0 bridgehead atoms. The lowest BCUT2D eigenvalue weighted by molar-refractivity contribution is 0.285. The van der Waals surface area contributed by atoms with Gasteiger partial charge in [-0.25, -0.2) is 13.4 Å². The molecule has 1 saturated carbocycles. The predicted molar refractivity (Wildman–Crippen MR) is 118 cm³/mol. The van der Waals surface area contributed by atoms with Crippen molar-refractivity contribution in [2.75, 3.05) is 20.0 Å². The number of rotatable bonds is 7. The first-order valence-corrected chi connectivity index (χ1v) is 11.9. The van der Waals surface area contributed by atoms with Crippen LogP contribution in [-0.4, -0.2) is 47.9 Å². The van der Waals surface area contributed by atoms with Gasteiger partial charge in [0.05, 0.1) is 30.4 Å². The third-order valence-corrected chi connectivity index (χ3v) is 6.61. The van der Waals surface area contributed by atoms with Crippen molar-refractivity contribution in [2.24, 2.45) is 13.0 Å². The molecule has 10 heteroatoms. The summed E-state index contributed by atoms with van der Waals surface area (Å²) in [6.07, 6.45) is 6.53. The van der Waals surface area contributed by atoms with Crippen molar-refractivity contribution in [3.63, 3.8) is 0 Å². The van der Waals surface area contributed by atoms with Crippen LogP contribution in [0.1, 0.15) is 23.9 Å². The third kappa shape index (κ3) is 4.50. The number of hydrogen-bond acceptors (Lipinski definition) is 8. The highest BCUT2D eigenvalue weighted by Crippen LogP contribution is 2.47. The maximum Gasteiger partial charge on any atom is 0.250 e. The van der Waals surface area contributed by atoms with Crippen molar-refractivity contribution >= 4 is 9.84 Å². The number of sulfone groups is 1. The van der Waals surface area contributed by atoms with E-state index in [1.54, 1.807) is 20.2 Å². The van der Waals surface area contributed by atoms with E-state index < -0.39 is 9.84 Å². The van der Waals surface area contributed by atoms with Crippen LogP contribution in [0, 0.1) is 12.8 Å². The predicted octanol–water partition coefficient (Wildman–Crippen LogP) is 2.14. The number of aryl methyl sites for hydroxylation is 2. The van der Waals surface area contributed by atoms with Gasteiger partial charge in [0.2, 0.25) is 5.88 Å². The van der Waals surface area contributed by atoms with Crippen LogP contribution in [0.5, 0.6) is 11.6 Å². The lowest BCUT2D eigenvalue weighted by Gasteiger charge is -2.14. The van der Waals surface area contributed by atoms with Gasteiger partial charge in [-0.2, -0.15) is 4.98 Å². The van der Waals surface area contributed by atoms with Gasteiger partial charge in [0.15, 0.2) is 9.84 Å². The van der Waals surface area contributed by atoms with Crippen LogP contribution in [0.15, 0.2) is 46.5 Å². The standard InChI is InChI=1S/C22H24N4O5S/c1-13-23-10-18(17-8-21(27)26(2)11-20(17)32(4,28)29)22(25-13)31-12-14-7-16(14)19-6-5-15(30-3)9-24-19/h5-6,8-11,14,16H,7,12H2,1-4H3/t14?,16-/m1/s1. The first-order chi connectivity index (χ1) is 15.2. The Balaban J connectivity index is 1.61. The minimum absolute atomic E-state index is 0.0173. The molecular formula is C22H24N4O5S. The Labute approximate surface area is 186 Å². The summed E-state index contributed by atoms with van der Waals surface area (Å²) >= 11 is 0. The Hall–Kier alpha value is -3.27. The van der Waals surface area contributed by atoms with E-state index in [0.717, 1.165) is 18.4 Å². The van der Waals surface area contributed by atoms with E-state index in [-0.39, 0.29) is 33.7 Å². The molecule has 1 aliphatic carbocycles. The molecule has 1 fully saturated rings. The van der Waals surface area contributed by atoms with Gasteiger partial charge in [-0.3, -0.25) is 9.78 Å². The zero-order valence-electron chi connectivity index (χ0n) is 18.3. The lowest BCUT2D eigenvalue weighted by Crippen LogP contribution is -2.18. The van der Waals surface area contributed by atoms with Crippen LogP contribution in [0.3, 0.4) is 0 Å². The average molecular weight is 457 g/mol. The molecule has 0 radical (unpaired) electrons. The lowest BCUT2D eigenvalue weighted by atomic mass is 10.1. The maximum absolute atomic E-state index is 12.4. The monoisotopic (exact) mass is 456 g/mol. The zero-order chi connectivity index (χ0) is 23.0. The van der Waals surface area contributed by atoms with Gasteiger partial charge in [-0.05, 0) is 25.5 Å². The normalized spacial score (nSPS) is 17.8. The topological polar surface area (TPSA) is 113 Å². The molecule has 3 aromatic rings. The maximum atomic E-state index is 12.4. The molecule has 0 N–H and O–H groups in total. The molecule has 32 heavy (non-hydrogen) atoms. The van der Waals surface area contributed by atoms with Crippen molar-refractivity contribution in [2.45, 2.75) is 24.2 Å². The Kier molecular flexibility index (Phi) is 5.72. The summed E-state index contributed by atoms with van der Waals surface area (Å²) in [5, 5.41) is 0. The van der Waals surface area contributed by atoms with Crippen LogP contribution in [0.25, 0.3) is 11.1 Å². The second kappa shape index (κ2) is 8.34. The summed E-state index contributed by atoms with van der Waals surface area (Å²) < 4.78 is 37.2. The number of aromatic nitrogens is 4. The summed E-state index contributed by atoms with van der Waals surface area (Å²) in [5.41, 5.74) is 1.24. The summed E-state index contributed by atoms with van der Waals surface area (Å²) in [7, 11) is -0.502. The molecular weight excluding hydrogens is 432 g/mol. The molecule has 4 rings (SSSR count). The van der Waals surface area contributed by atoms with Crippen LogP contribution in [0.4, 0.5) is 0 Å². The van der Waals surface area contributed by atoms with E-state index in [9.17, 15) is 13.2 Å². The Bertz CT molecular complexity index is 1320. The average Bonchev–Trinajstić information content (AvgIpc) is 3.53. The molecule has 168 valence electrons. The van der Waals surface area contributed by atoms with Crippen LogP contribution < -0.4 is 15.0 Å². The molecule has 0 aliphatic heterocycles. The second-order valence-corrected chi connectivity index (χ2v) is 9.93. The van der Waals surface area contributed by atoms with Crippen molar-refractivity contribution in [3.8, 4) is 22.8 Å². The molecule has 2 atom stereocenters. The second-order valence-electron chi connectivity index (χ2n) is 7.94. The molecule has 3 aromatic heterocycles. The van der Waals surface area contributed by atoms with Gasteiger partial charge < -0.3 is 14.0 Å². The van der Waals surface area contributed by atoms with Crippen LogP contribution >= 0.6 is 0 Å². The van der Waals surface area contributed by atoms with Crippen molar-refractivity contribution in [3.05, 3.63) is 58.7 Å². The van der Waals surface area contributed by atoms with Gasteiger partial charge >= 0.3 is 0 Å². The SMILES string of the molecule is COc1ccc([C@@H]2CC2COc2nc(C)ncc2-c2cc(=O)n(C)cc2S(C)(=O)=O)nc1. The molecule has 0 spiro atoms. The quantitative estimate of drug-likeness (QED) is 0.531. The minimum atomic E-state index is -3.61. The summed E-state index contributed by atoms with van der Waals surface area (Å²) in [4.78, 5) is 25.3. The van der Waals surface area contributed by atoms with Crippen molar-refractivity contribution in [1.82, 2.24) is 19.5 Å². The highest BCUT2D eigenvalue weighted by atomic mass is 32.2. The van der Waals surface area contributed by atoms with E-state index in [1.165, 1.54) is 30.1 Å². The Morgan fingerprint density at radius 3 is 2.62 bits per heavy atom. The molecule has 0 aromatic carbocycles. The summed E-state index contributed by atoms with van der Waals surface area (Å²) in [6, 6.07) is 5.10. The molecule has 1 unspecified atom stereocenters. The Morgan fingerprint density at radius 1 is 1.19 bits per heavy atom. The van der Waals surface area contributed by atoms with Crippen LogP contribution in [-0.2, 0) is 16.9 Å². The fraction of sp³-hybridized carbons (Fsp3) is 0.364. The number of pyridine rings is 2. The highest BCUT2D eigenvalue weighted by Gasteiger charge is 2.40. The zero-order valence-corrected chi connectivity index (χ0v) is 19.1. The molecule has 3 heterocycles. The first-order valence-electron chi connectivity index (χ1n) is 10.0. The molecule has 0 saturated heterocycles. The van der Waals surface area contributed by atoms with Crippen molar-refractivity contribution < 1.29 is 17.9 Å². The van der Waals surface area contributed by atoms with E-state index in [0.29, 0.717) is 23.7 Å². The number of methoxy groups -OCH3 is 1. The third-order valence-electron chi connectivity index (χ3n) is 5.49.